The average Bonchev–Trinajstić information content (AvgIpc) is 2.26. The highest BCUT2D eigenvalue weighted by Crippen LogP contribution is 2.32. The van der Waals surface area contributed by atoms with Crippen molar-refractivity contribution in [3.05, 3.63) is 0 Å². The highest BCUT2D eigenvalue weighted by Gasteiger charge is 2.43. The molecule has 100 valence electrons. The number of rotatable bonds is 3. The molecule has 1 atom stereocenters. The first-order valence-corrected chi connectivity index (χ1v) is 6.39. The molecule has 0 aliphatic carbocycles. The third-order valence-corrected chi connectivity index (χ3v) is 4.21. The van der Waals surface area contributed by atoms with Crippen molar-refractivity contribution in [2.75, 3.05) is 19.7 Å². The molecule has 1 aliphatic heterocycles. The van der Waals surface area contributed by atoms with Gasteiger partial charge in [-0.2, -0.15) is 0 Å². The minimum absolute atomic E-state index is 0.100. The van der Waals surface area contributed by atoms with Gasteiger partial charge >= 0.3 is 0 Å². The number of aliphatic hydroxyl groups is 1. The maximum Gasteiger partial charge on any atom is 0.230 e. The van der Waals surface area contributed by atoms with Crippen LogP contribution in [-0.4, -0.2) is 41.1 Å². The summed E-state index contributed by atoms with van der Waals surface area (Å²) in [5.74, 6) is 0.326. The quantitative estimate of drug-likeness (QED) is 0.775. The fourth-order valence-corrected chi connectivity index (χ4v) is 2.07. The molecule has 1 rings (SSSR count). The van der Waals surface area contributed by atoms with Gasteiger partial charge in [0.15, 0.2) is 0 Å². The van der Waals surface area contributed by atoms with Crippen molar-refractivity contribution in [2.24, 2.45) is 17.1 Å². The normalized spacial score (nSPS) is 22.7. The zero-order valence-electron chi connectivity index (χ0n) is 11.5. The Labute approximate surface area is 104 Å². The number of hydrogen-bond donors (Lipinski definition) is 2. The van der Waals surface area contributed by atoms with Gasteiger partial charge in [-0.15, -0.1) is 0 Å². The van der Waals surface area contributed by atoms with Crippen LogP contribution in [0.15, 0.2) is 0 Å². The molecule has 0 saturated carbocycles. The van der Waals surface area contributed by atoms with E-state index >= 15 is 0 Å². The molecule has 0 radical (unpaired) electrons. The third kappa shape index (κ3) is 2.99. The number of nitrogens with zero attached hydrogens (tertiary/aromatic N) is 1. The Morgan fingerprint density at radius 3 is 2.47 bits per heavy atom. The van der Waals surface area contributed by atoms with Gasteiger partial charge in [0.25, 0.3) is 0 Å². The van der Waals surface area contributed by atoms with Crippen LogP contribution < -0.4 is 5.73 Å². The maximum absolute atomic E-state index is 12.5. The average molecular weight is 242 g/mol. The Morgan fingerprint density at radius 1 is 1.41 bits per heavy atom. The van der Waals surface area contributed by atoms with Crippen molar-refractivity contribution >= 4 is 5.91 Å². The lowest BCUT2D eigenvalue weighted by Gasteiger charge is -2.43. The summed E-state index contributed by atoms with van der Waals surface area (Å²) in [4.78, 5) is 14.4. The zero-order chi connectivity index (χ0) is 13.3. The Kier molecular flexibility index (Phi) is 4.20. The number of carbonyl (C=O) groups is 1. The highest BCUT2D eigenvalue weighted by atomic mass is 16.3. The van der Waals surface area contributed by atoms with Crippen molar-refractivity contribution in [3.63, 3.8) is 0 Å². The number of aliphatic hydroxyl groups excluding tert-OH is 1. The monoisotopic (exact) mass is 242 g/mol. The van der Waals surface area contributed by atoms with Gasteiger partial charge in [0.05, 0.1) is 5.41 Å². The summed E-state index contributed by atoms with van der Waals surface area (Å²) in [6, 6.07) is 0. The van der Waals surface area contributed by atoms with Gasteiger partial charge in [-0.05, 0) is 46.5 Å². The second kappa shape index (κ2) is 4.94. The van der Waals surface area contributed by atoms with Crippen molar-refractivity contribution in [1.29, 1.82) is 0 Å². The molecule has 3 N–H and O–H groups in total. The molecule has 4 nitrogen and oxygen atoms in total. The van der Waals surface area contributed by atoms with E-state index in [1.54, 1.807) is 0 Å². The molecule has 0 bridgehead atoms. The number of hydrogen-bond acceptors (Lipinski definition) is 3. The topological polar surface area (TPSA) is 66.6 Å². The van der Waals surface area contributed by atoms with E-state index in [1.165, 1.54) is 0 Å². The molecular weight excluding hydrogens is 216 g/mol. The van der Waals surface area contributed by atoms with Gasteiger partial charge in [-0.3, -0.25) is 4.79 Å². The maximum atomic E-state index is 12.5. The summed E-state index contributed by atoms with van der Waals surface area (Å²) in [7, 11) is 0. The van der Waals surface area contributed by atoms with E-state index in [1.807, 2.05) is 32.6 Å². The van der Waals surface area contributed by atoms with E-state index < -0.39 is 11.0 Å². The molecule has 0 spiro atoms. The van der Waals surface area contributed by atoms with E-state index in [-0.39, 0.29) is 18.4 Å². The predicted molar refractivity (Wildman–Crippen MR) is 68.4 cm³/mol. The van der Waals surface area contributed by atoms with Gasteiger partial charge in [-0.1, -0.05) is 0 Å². The fourth-order valence-electron chi connectivity index (χ4n) is 2.07. The van der Waals surface area contributed by atoms with Crippen molar-refractivity contribution in [1.82, 2.24) is 4.90 Å². The van der Waals surface area contributed by atoms with Crippen LogP contribution in [-0.2, 0) is 4.79 Å². The van der Waals surface area contributed by atoms with E-state index in [4.69, 9.17) is 5.73 Å². The Hall–Kier alpha value is -0.610. The van der Waals surface area contributed by atoms with Crippen LogP contribution >= 0.6 is 0 Å². The SMILES string of the molecule is CC(C)(N)C(C)(C)C(=O)N1CCCC(CO)C1. The smallest absolute Gasteiger partial charge is 0.230 e. The Bertz CT molecular complexity index is 282. The molecule has 17 heavy (non-hydrogen) atoms. The van der Waals surface area contributed by atoms with Gasteiger partial charge in [0.1, 0.15) is 0 Å². The van der Waals surface area contributed by atoms with E-state index in [9.17, 15) is 9.90 Å². The first kappa shape index (κ1) is 14.5. The molecule has 1 fully saturated rings. The lowest BCUT2D eigenvalue weighted by atomic mass is 9.73. The van der Waals surface area contributed by atoms with Crippen LogP contribution in [0.4, 0.5) is 0 Å². The predicted octanol–water partition coefficient (Wildman–Crippen LogP) is 0.981. The third-order valence-electron chi connectivity index (χ3n) is 4.21. The van der Waals surface area contributed by atoms with E-state index in [0.717, 1.165) is 19.4 Å². The second-order valence-corrected chi connectivity index (χ2v) is 6.29. The zero-order valence-corrected chi connectivity index (χ0v) is 11.5. The summed E-state index contributed by atoms with van der Waals surface area (Å²) in [6.07, 6.45) is 1.98. The summed E-state index contributed by atoms with van der Waals surface area (Å²) in [6.45, 7) is 9.19. The van der Waals surface area contributed by atoms with Crippen LogP contribution in [0.1, 0.15) is 40.5 Å². The van der Waals surface area contributed by atoms with E-state index in [2.05, 4.69) is 0 Å². The molecule has 1 heterocycles. The molecule has 1 saturated heterocycles. The lowest BCUT2D eigenvalue weighted by molar-refractivity contribution is -0.145. The Morgan fingerprint density at radius 2 is 2.00 bits per heavy atom. The number of amides is 1. The van der Waals surface area contributed by atoms with Crippen molar-refractivity contribution < 1.29 is 9.90 Å². The summed E-state index contributed by atoms with van der Waals surface area (Å²) >= 11 is 0. The van der Waals surface area contributed by atoms with Gasteiger partial charge in [-0.25, -0.2) is 0 Å². The molecule has 1 amide bonds. The molecule has 0 aromatic rings. The number of nitrogens with two attached hydrogens (primary N) is 1. The Balaban J connectivity index is 2.76. The van der Waals surface area contributed by atoms with Crippen LogP contribution in [0.5, 0.6) is 0 Å². The first-order chi connectivity index (χ1) is 7.70. The molecule has 0 aromatic heterocycles. The molecule has 0 aromatic carbocycles. The van der Waals surface area contributed by atoms with Gasteiger partial charge in [0.2, 0.25) is 5.91 Å². The highest BCUT2D eigenvalue weighted by molar-refractivity contribution is 5.83. The van der Waals surface area contributed by atoms with Crippen LogP contribution in [0.3, 0.4) is 0 Å². The van der Waals surface area contributed by atoms with Crippen LogP contribution in [0, 0.1) is 11.3 Å². The van der Waals surface area contributed by atoms with Gasteiger partial charge in [0, 0.05) is 25.2 Å². The molecule has 4 heteroatoms. The van der Waals surface area contributed by atoms with Crippen LogP contribution in [0.2, 0.25) is 0 Å². The van der Waals surface area contributed by atoms with Crippen molar-refractivity contribution in [3.8, 4) is 0 Å². The lowest BCUT2D eigenvalue weighted by Crippen LogP contribution is -2.58. The number of carbonyl (C=O) groups excluding carboxylic acids is 1. The van der Waals surface area contributed by atoms with Crippen molar-refractivity contribution in [2.45, 2.75) is 46.1 Å². The first-order valence-electron chi connectivity index (χ1n) is 6.39. The standard InChI is InChI=1S/C13H26N2O2/c1-12(2,13(3,4)14)11(17)15-7-5-6-10(8-15)9-16/h10,16H,5-9,14H2,1-4H3. The van der Waals surface area contributed by atoms with E-state index in [0.29, 0.717) is 6.54 Å². The minimum Gasteiger partial charge on any atom is -0.396 e. The fraction of sp³-hybridized carbons (Fsp3) is 0.923. The summed E-state index contributed by atoms with van der Waals surface area (Å²) in [5.41, 5.74) is 4.97. The molecule has 1 unspecified atom stereocenters. The van der Waals surface area contributed by atoms with Gasteiger partial charge < -0.3 is 15.7 Å². The molecular formula is C13H26N2O2. The molecule has 1 aliphatic rings. The number of likely N-dealkylation sites (tertiary alicyclic amines) is 1. The summed E-state index contributed by atoms with van der Waals surface area (Å²) in [5, 5.41) is 9.19. The number of piperidine rings is 1. The second-order valence-electron chi connectivity index (χ2n) is 6.29. The van der Waals surface area contributed by atoms with Crippen LogP contribution in [0.25, 0.3) is 0 Å². The largest absolute Gasteiger partial charge is 0.396 e. The summed E-state index contributed by atoms with van der Waals surface area (Å²) < 4.78 is 0. The minimum atomic E-state index is -0.579.